The highest BCUT2D eigenvalue weighted by Crippen LogP contribution is 2.11. The Morgan fingerprint density at radius 1 is 0.920 bits per heavy atom. The van der Waals surface area contributed by atoms with Gasteiger partial charge in [-0.05, 0) is 17.7 Å². The summed E-state index contributed by atoms with van der Waals surface area (Å²) in [5.74, 6) is -1.13. The van der Waals surface area contributed by atoms with E-state index in [2.05, 4.69) is 21.0 Å². The Labute approximate surface area is 142 Å². The van der Waals surface area contributed by atoms with E-state index in [4.69, 9.17) is 0 Å². The molecule has 0 aliphatic carbocycles. The first kappa shape index (κ1) is 16.1. The van der Waals surface area contributed by atoms with Crippen molar-refractivity contribution < 1.29 is 9.59 Å². The number of nitrogens with zero attached hydrogens (tertiary/aromatic N) is 1. The maximum absolute atomic E-state index is 12.2. The van der Waals surface area contributed by atoms with Gasteiger partial charge in [0, 0.05) is 11.5 Å². The normalized spacial score (nSPS) is 10.7. The number of carbonyl (C=O) groups is 2. The second-order valence-corrected chi connectivity index (χ2v) is 5.13. The third-order valence-corrected chi connectivity index (χ3v) is 3.44. The number of hydrazine groups is 1. The number of fused-ring (bicyclic) bond motifs is 1. The molecule has 7 nitrogen and oxygen atoms in total. The molecule has 3 N–H and O–H groups in total. The maximum Gasteiger partial charge on any atom is 0.290 e. The van der Waals surface area contributed by atoms with Crippen LogP contribution in [0.3, 0.4) is 0 Å². The quantitative estimate of drug-likeness (QED) is 0.497. The zero-order valence-electron chi connectivity index (χ0n) is 13.0. The molecule has 0 unspecified atom stereocenters. The highest BCUT2D eigenvalue weighted by Gasteiger charge is 2.13. The van der Waals surface area contributed by atoms with Crippen LogP contribution in [0.4, 0.5) is 0 Å². The van der Waals surface area contributed by atoms with E-state index in [0.717, 1.165) is 5.56 Å². The number of carbonyl (C=O) groups excluding carboxylic acids is 2. The van der Waals surface area contributed by atoms with Gasteiger partial charge in [0.15, 0.2) is 5.69 Å². The molecule has 3 aromatic rings. The molecule has 0 spiro atoms. The van der Waals surface area contributed by atoms with Crippen LogP contribution in [0.25, 0.3) is 16.8 Å². The van der Waals surface area contributed by atoms with Gasteiger partial charge in [-0.2, -0.15) is 5.10 Å². The van der Waals surface area contributed by atoms with Crippen LogP contribution in [0.15, 0.2) is 65.5 Å². The molecule has 7 heteroatoms. The zero-order chi connectivity index (χ0) is 17.6. The van der Waals surface area contributed by atoms with Gasteiger partial charge in [-0.25, -0.2) is 5.10 Å². The van der Waals surface area contributed by atoms with Crippen LogP contribution < -0.4 is 16.4 Å². The largest absolute Gasteiger partial charge is 0.290 e. The van der Waals surface area contributed by atoms with E-state index in [1.165, 1.54) is 6.08 Å². The van der Waals surface area contributed by atoms with Crippen molar-refractivity contribution in [2.75, 3.05) is 0 Å². The summed E-state index contributed by atoms with van der Waals surface area (Å²) in [6.07, 6.45) is 2.92. The van der Waals surface area contributed by atoms with Crippen LogP contribution >= 0.6 is 0 Å². The van der Waals surface area contributed by atoms with E-state index in [1.54, 1.807) is 30.3 Å². The second kappa shape index (κ2) is 7.22. The molecule has 0 saturated carbocycles. The summed E-state index contributed by atoms with van der Waals surface area (Å²) in [7, 11) is 0. The molecule has 0 bridgehead atoms. The van der Waals surface area contributed by atoms with Crippen molar-refractivity contribution in [3.05, 3.63) is 82.3 Å². The summed E-state index contributed by atoms with van der Waals surface area (Å²) >= 11 is 0. The summed E-state index contributed by atoms with van der Waals surface area (Å²) < 4.78 is 0. The monoisotopic (exact) mass is 334 g/mol. The number of amides is 2. The van der Waals surface area contributed by atoms with Crippen LogP contribution in [-0.2, 0) is 4.79 Å². The lowest BCUT2D eigenvalue weighted by Gasteiger charge is -2.06. The standard InChI is InChI=1S/C18H14N4O3/c23-15(11-10-12-6-2-1-3-7-12)19-22-18(25)16-13-8-4-5-9-14(13)17(24)21-20-16/h1-11H,(H,19,23)(H,21,24)(H,22,25)/b11-10+. The van der Waals surface area contributed by atoms with E-state index in [1.807, 2.05) is 30.3 Å². The molecule has 3 rings (SSSR count). The molecule has 0 atom stereocenters. The van der Waals surface area contributed by atoms with Crippen molar-refractivity contribution in [3.8, 4) is 0 Å². The van der Waals surface area contributed by atoms with Gasteiger partial charge >= 0.3 is 0 Å². The molecule has 0 radical (unpaired) electrons. The first-order valence-electron chi connectivity index (χ1n) is 7.46. The minimum atomic E-state index is -0.631. The van der Waals surface area contributed by atoms with Crippen LogP contribution in [0.1, 0.15) is 16.1 Å². The topological polar surface area (TPSA) is 104 Å². The van der Waals surface area contributed by atoms with Gasteiger partial charge in [-0.3, -0.25) is 25.2 Å². The Morgan fingerprint density at radius 3 is 2.36 bits per heavy atom. The molecule has 2 amide bonds. The van der Waals surface area contributed by atoms with Crippen molar-refractivity contribution in [1.82, 2.24) is 21.0 Å². The van der Waals surface area contributed by atoms with Gasteiger partial charge < -0.3 is 0 Å². The first-order chi connectivity index (χ1) is 12.1. The van der Waals surface area contributed by atoms with Gasteiger partial charge in [0.25, 0.3) is 17.4 Å². The van der Waals surface area contributed by atoms with E-state index >= 15 is 0 Å². The number of aromatic amines is 1. The minimum absolute atomic E-state index is 0.0162. The molecule has 2 aromatic carbocycles. The molecule has 1 heterocycles. The average molecular weight is 334 g/mol. The summed E-state index contributed by atoms with van der Waals surface area (Å²) in [6.45, 7) is 0. The van der Waals surface area contributed by atoms with Crippen LogP contribution in [0.2, 0.25) is 0 Å². The van der Waals surface area contributed by atoms with Gasteiger partial charge in [-0.1, -0.05) is 48.5 Å². The molecule has 0 aliphatic heterocycles. The summed E-state index contributed by atoms with van der Waals surface area (Å²) in [5, 5.41) is 6.77. The predicted octanol–water partition coefficient (Wildman–Crippen LogP) is 1.40. The Kier molecular flexibility index (Phi) is 4.66. The lowest BCUT2D eigenvalue weighted by Crippen LogP contribution is -2.41. The predicted molar refractivity (Wildman–Crippen MR) is 93.4 cm³/mol. The number of nitrogens with one attached hydrogen (secondary N) is 3. The molecule has 0 saturated heterocycles. The Hall–Kier alpha value is -3.74. The molecule has 25 heavy (non-hydrogen) atoms. The highest BCUT2D eigenvalue weighted by atomic mass is 16.2. The van der Waals surface area contributed by atoms with Gasteiger partial charge in [0.1, 0.15) is 0 Å². The number of rotatable bonds is 3. The van der Waals surface area contributed by atoms with Gasteiger partial charge in [0.2, 0.25) is 0 Å². The van der Waals surface area contributed by atoms with Crippen LogP contribution in [0, 0.1) is 0 Å². The van der Waals surface area contributed by atoms with Crippen molar-refractivity contribution in [3.63, 3.8) is 0 Å². The first-order valence-corrected chi connectivity index (χ1v) is 7.46. The SMILES string of the molecule is O=C(/C=C/c1ccccc1)NNC(=O)c1n[nH]c(=O)c2ccccc12. The number of aromatic nitrogens is 2. The van der Waals surface area contributed by atoms with Crippen molar-refractivity contribution in [1.29, 1.82) is 0 Å². The van der Waals surface area contributed by atoms with E-state index < -0.39 is 11.8 Å². The molecular weight excluding hydrogens is 320 g/mol. The Balaban J connectivity index is 1.69. The van der Waals surface area contributed by atoms with Crippen LogP contribution in [0.5, 0.6) is 0 Å². The van der Waals surface area contributed by atoms with E-state index in [-0.39, 0.29) is 11.3 Å². The fourth-order valence-corrected chi connectivity index (χ4v) is 2.24. The summed E-state index contributed by atoms with van der Waals surface area (Å²) in [4.78, 5) is 35.7. The van der Waals surface area contributed by atoms with Crippen molar-refractivity contribution >= 4 is 28.7 Å². The van der Waals surface area contributed by atoms with Gasteiger partial charge in [0.05, 0.1) is 5.39 Å². The van der Waals surface area contributed by atoms with Gasteiger partial charge in [-0.15, -0.1) is 0 Å². The van der Waals surface area contributed by atoms with Crippen molar-refractivity contribution in [2.45, 2.75) is 0 Å². The van der Waals surface area contributed by atoms with E-state index in [9.17, 15) is 14.4 Å². The number of benzene rings is 2. The van der Waals surface area contributed by atoms with Crippen LogP contribution in [-0.4, -0.2) is 22.0 Å². The number of hydrogen-bond donors (Lipinski definition) is 3. The average Bonchev–Trinajstić information content (AvgIpc) is 2.66. The fraction of sp³-hybridized carbons (Fsp3) is 0. The Bertz CT molecular complexity index is 1010. The third-order valence-electron chi connectivity index (χ3n) is 3.44. The number of hydrogen-bond acceptors (Lipinski definition) is 4. The maximum atomic E-state index is 12.2. The zero-order valence-corrected chi connectivity index (χ0v) is 13.0. The summed E-state index contributed by atoms with van der Waals surface area (Å²) in [6, 6.07) is 15.9. The molecular formula is C18H14N4O3. The van der Waals surface area contributed by atoms with E-state index in [0.29, 0.717) is 10.8 Å². The summed E-state index contributed by atoms with van der Waals surface area (Å²) in [5.41, 5.74) is 5.03. The van der Waals surface area contributed by atoms with Crippen molar-refractivity contribution in [2.24, 2.45) is 0 Å². The third kappa shape index (κ3) is 3.78. The number of H-pyrrole nitrogens is 1. The highest BCUT2D eigenvalue weighted by molar-refractivity contribution is 6.05. The minimum Gasteiger partial charge on any atom is -0.268 e. The second-order valence-electron chi connectivity index (χ2n) is 5.13. The molecule has 124 valence electrons. The smallest absolute Gasteiger partial charge is 0.268 e. The molecule has 0 aliphatic rings. The Morgan fingerprint density at radius 2 is 1.60 bits per heavy atom. The molecule has 1 aromatic heterocycles. The fourth-order valence-electron chi connectivity index (χ4n) is 2.24. The molecule has 0 fully saturated rings. The lowest BCUT2D eigenvalue weighted by atomic mass is 10.1. The lowest BCUT2D eigenvalue weighted by molar-refractivity contribution is -0.117.